The van der Waals surface area contributed by atoms with E-state index >= 15 is 0 Å². The Morgan fingerprint density at radius 2 is 1.87 bits per heavy atom. The Balaban J connectivity index is 1.36. The summed E-state index contributed by atoms with van der Waals surface area (Å²) >= 11 is 5.89. The summed E-state index contributed by atoms with van der Waals surface area (Å²) in [6.45, 7) is 2.42. The molecule has 0 radical (unpaired) electrons. The molecule has 30 heavy (non-hydrogen) atoms. The van der Waals surface area contributed by atoms with Crippen LogP contribution < -0.4 is 9.80 Å². The van der Waals surface area contributed by atoms with Crippen LogP contribution in [0, 0.1) is 0 Å². The number of aliphatic hydroxyl groups is 1. The molecule has 4 heterocycles. The minimum absolute atomic E-state index is 0.109. The number of halogens is 1. The zero-order valence-corrected chi connectivity index (χ0v) is 18.3. The van der Waals surface area contributed by atoms with Gasteiger partial charge in [0.2, 0.25) is 5.95 Å². The summed E-state index contributed by atoms with van der Waals surface area (Å²) in [5.74, 6) is 3.07. The van der Waals surface area contributed by atoms with E-state index in [1.165, 1.54) is 0 Å². The van der Waals surface area contributed by atoms with Crippen LogP contribution in [0.4, 0.5) is 11.8 Å². The van der Waals surface area contributed by atoms with Crippen LogP contribution in [-0.2, 0) is 10.8 Å². The lowest BCUT2D eigenvalue weighted by Gasteiger charge is -2.51. The second-order valence-electron chi connectivity index (χ2n) is 8.32. The van der Waals surface area contributed by atoms with Crippen LogP contribution in [0.2, 0.25) is 5.02 Å². The van der Waals surface area contributed by atoms with Crippen molar-refractivity contribution in [3.05, 3.63) is 29.4 Å². The Hall–Kier alpha value is -1.84. The van der Waals surface area contributed by atoms with Gasteiger partial charge in [-0.05, 0) is 32.1 Å². The van der Waals surface area contributed by atoms with E-state index in [0.29, 0.717) is 28.2 Å². The van der Waals surface area contributed by atoms with E-state index < -0.39 is 10.8 Å². The molecule has 8 nitrogen and oxygen atoms in total. The molecule has 5 rings (SSSR count). The van der Waals surface area contributed by atoms with Crippen LogP contribution in [0.25, 0.3) is 0 Å². The Morgan fingerprint density at radius 1 is 1.13 bits per heavy atom. The molecule has 160 valence electrons. The zero-order chi connectivity index (χ0) is 20.7. The van der Waals surface area contributed by atoms with E-state index in [4.69, 9.17) is 16.6 Å². The van der Waals surface area contributed by atoms with Crippen LogP contribution in [-0.4, -0.2) is 66.8 Å². The second-order valence-corrected chi connectivity index (χ2v) is 10.3. The smallest absolute Gasteiger partial charge is 0.225 e. The van der Waals surface area contributed by atoms with Gasteiger partial charge in [-0.25, -0.2) is 19.9 Å². The van der Waals surface area contributed by atoms with Crippen LogP contribution in [0.5, 0.6) is 0 Å². The standard InChI is InChI=1S/C20H25ClN6O2S/c21-15-10-23-19(24-11-15)26-6-2-14(3-7-26)17-22-12-16-18(25-17)27(8-9-30(16)29)20(13-28)4-1-5-20/h10-12,14,28H,1-9,13H2. The van der Waals surface area contributed by atoms with Crippen LogP contribution in [0.3, 0.4) is 0 Å². The molecule has 1 saturated heterocycles. The summed E-state index contributed by atoms with van der Waals surface area (Å²) in [4.78, 5) is 23.2. The van der Waals surface area contributed by atoms with E-state index in [-0.39, 0.29) is 18.1 Å². The van der Waals surface area contributed by atoms with E-state index in [0.717, 1.165) is 56.8 Å². The van der Waals surface area contributed by atoms with Gasteiger partial charge in [-0.15, -0.1) is 0 Å². The first-order valence-electron chi connectivity index (χ1n) is 10.5. The van der Waals surface area contributed by atoms with Crippen molar-refractivity contribution in [1.82, 2.24) is 19.9 Å². The first-order chi connectivity index (χ1) is 14.6. The van der Waals surface area contributed by atoms with Crippen molar-refractivity contribution in [3.63, 3.8) is 0 Å². The third-order valence-corrected chi connectivity index (χ3v) is 8.18. The van der Waals surface area contributed by atoms with E-state index in [9.17, 15) is 9.32 Å². The van der Waals surface area contributed by atoms with Crippen LogP contribution in [0.15, 0.2) is 23.5 Å². The first kappa shape index (κ1) is 20.1. The predicted molar refractivity (Wildman–Crippen MR) is 116 cm³/mol. The van der Waals surface area contributed by atoms with E-state index in [1.807, 2.05) is 0 Å². The normalized spacial score (nSPS) is 23.7. The summed E-state index contributed by atoms with van der Waals surface area (Å²) in [7, 11) is -1.08. The zero-order valence-electron chi connectivity index (χ0n) is 16.7. The molecule has 3 aliphatic rings. The number of aliphatic hydroxyl groups excluding tert-OH is 1. The maximum Gasteiger partial charge on any atom is 0.225 e. The molecule has 2 aromatic heterocycles. The third-order valence-electron chi connectivity index (χ3n) is 6.66. The molecule has 0 amide bonds. The topological polar surface area (TPSA) is 95.3 Å². The number of anilines is 2. The average molecular weight is 449 g/mol. The van der Waals surface area contributed by atoms with Crippen LogP contribution in [0.1, 0.15) is 43.8 Å². The molecule has 1 atom stereocenters. The third kappa shape index (κ3) is 3.46. The van der Waals surface area contributed by atoms with E-state index in [1.54, 1.807) is 18.6 Å². The van der Waals surface area contributed by atoms with Gasteiger partial charge in [-0.1, -0.05) is 11.6 Å². The fraction of sp³-hybridized carbons (Fsp3) is 0.600. The van der Waals surface area contributed by atoms with Crippen molar-refractivity contribution in [2.75, 3.05) is 41.8 Å². The van der Waals surface area contributed by atoms with Gasteiger partial charge in [0, 0.05) is 37.5 Å². The van der Waals surface area contributed by atoms with Crippen molar-refractivity contribution in [3.8, 4) is 0 Å². The Labute approximate surface area is 183 Å². The molecule has 1 N–H and O–H groups in total. The highest BCUT2D eigenvalue weighted by Gasteiger charge is 2.45. The SMILES string of the molecule is O=S1CCN(C2(CO)CCC2)c2nc(C3CCN(c4ncc(Cl)cn4)CC3)ncc21. The maximum atomic E-state index is 12.6. The molecular formula is C20H25ClN6O2S. The minimum atomic E-state index is -1.08. The monoisotopic (exact) mass is 448 g/mol. The molecule has 10 heteroatoms. The second kappa shape index (κ2) is 8.01. The van der Waals surface area contributed by atoms with E-state index in [2.05, 4.69) is 24.8 Å². The van der Waals surface area contributed by atoms with Crippen molar-refractivity contribution >= 4 is 34.2 Å². The molecule has 1 unspecified atom stereocenters. The number of hydrogen-bond donors (Lipinski definition) is 1. The largest absolute Gasteiger partial charge is 0.394 e. The van der Waals surface area contributed by atoms with Gasteiger partial charge in [0.15, 0.2) is 0 Å². The van der Waals surface area contributed by atoms with Gasteiger partial charge in [-0.3, -0.25) is 4.21 Å². The van der Waals surface area contributed by atoms with Gasteiger partial charge in [-0.2, -0.15) is 0 Å². The van der Waals surface area contributed by atoms with Crippen molar-refractivity contribution in [2.45, 2.75) is 48.5 Å². The van der Waals surface area contributed by atoms with Crippen molar-refractivity contribution in [2.24, 2.45) is 0 Å². The summed E-state index contributed by atoms with van der Waals surface area (Å²) < 4.78 is 12.6. The Kier molecular flexibility index (Phi) is 5.37. The number of nitrogens with zero attached hydrogens (tertiary/aromatic N) is 6. The fourth-order valence-electron chi connectivity index (χ4n) is 4.68. The van der Waals surface area contributed by atoms with Gasteiger partial charge in [0.1, 0.15) is 11.6 Å². The lowest BCUT2D eigenvalue weighted by molar-refractivity contribution is 0.115. The number of hydrogen-bond acceptors (Lipinski definition) is 8. The molecule has 0 spiro atoms. The molecule has 1 saturated carbocycles. The molecule has 1 aliphatic carbocycles. The number of aromatic nitrogens is 4. The Morgan fingerprint density at radius 3 is 2.50 bits per heavy atom. The molecule has 2 aliphatic heterocycles. The molecule has 0 aromatic carbocycles. The Bertz CT molecular complexity index is 941. The van der Waals surface area contributed by atoms with Gasteiger partial charge < -0.3 is 14.9 Å². The number of rotatable bonds is 4. The molecule has 2 aromatic rings. The summed E-state index contributed by atoms with van der Waals surface area (Å²) in [5.41, 5.74) is -0.250. The van der Waals surface area contributed by atoms with Crippen molar-refractivity contribution in [1.29, 1.82) is 0 Å². The molecular weight excluding hydrogens is 424 g/mol. The summed E-state index contributed by atoms with van der Waals surface area (Å²) in [5, 5.41) is 10.6. The lowest BCUT2D eigenvalue weighted by atomic mass is 9.76. The van der Waals surface area contributed by atoms with Gasteiger partial charge >= 0.3 is 0 Å². The number of piperidine rings is 1. The van der Waals surface area contributed by atoms with Crippen molar-refractivity contribution < 1.29 is 9.32 Å². The lowest BCUT2D eigenvalue weighted by Crippen LogP contribution is -2.59. The highest BCUT2D eigenvalue weighted by molar-refractivity contribution is 7.85. The molecule has 0 bridgehead atoms. The maximum absolute atomic E-state index is 12.6. The highest BCUT2D eigenvalue weighted by Crippen LogP contribution is 2.43. The average Bonchev–Trinajstić information content (AvgIpc) is 2.75. The molecule has 2 fully saturated rings. The van der Waals surface area contributed by atoms with Crippen LogP contribution >= 0.6 is 11.6 Å². The van der Waals surface area contributed by atoms with Gasteiger partial charge in [0.25, 0.3) is 0 Å². The summed E-state index contributed by atoms with van der Waals surface area (Å²) in [6, 6.07) is 0. The number of fused-ring (bicyclic) bond motifs is 1. The minimum Gasteiger partial charge on any atom is -0.394 e. The van der Waals surface area contributed by atoms with Gasteiger partial charge in [0.05, 0.1) is 45.3 Å². The first-order valence-corrected chi connectivity index (χ1v) is 12.2. The predicted octanol–water partition coefficient (Wildman–Crippen LogP) is 2.15. The highest BCUT2D eigenvalue weighted by atomic mass is 35.5. The quantitative estimate of drug-likeness (QED) is 0.760. The summed E-state index contributed by atoms with van der Waals surface area (Å²) in [6.07, 6.45) is 9.81. The fourth-order valence-corrected chi connectivity index (χ4v) is 5.88.